The van der Waals surface area contributed by atoms with Crippen molar-refractivity contribution in [2.75, 3.05) is 18.0 Å². The summed E-state index contributed by atoms with van der Waals surface area (Å²) in [5.74, 6) is 0. The molecule has 0 spiro atoms. The van der Waals surface area contributed by atoms with Crippen LogP contribution in [0.2, 0.25) is 0 Å². The molecule has 1 aliphatic heterocycles. The van der Waals surface area contributed by atoms with Crippen LogP contribution in [0.25, 0.3) is 0 Å². The van der Waals surface area contributed by atoms with Crippen LogP contribution in [0.5, 0.6) is 0 Å². The van der Waals surface area contributed by atoms with Gasteiger partial charge in [0.15, 0.2) is 0 Å². The SMILES string of the molecule is N[C@H]1CCN(c2ccc(C(F)(F)F)nc2)C1. The average Bonchev–Trinajstić information content (AvgIpc) is 2.64. The van der Waals surface area contributed by atoms with Crippen molar-refractivity contribution in [3.63, 3.8) is 0 Å². The lowest BCUT2D eigenvalue weighted by Gasteiger charge is -2.17. The first-order valence-corrected chi connectivity index (χ1v) is 5.00. The highest BCUT2D eigenvalue weighted by Crippen LogP contribution is 2.29. The van der Waals surface area contributed by atoms with Gasteiger partial charge in [0.05, 0.1) is 11.9 Å². The molecule has 1 aromatic heterocycles. The summed E-state index contributed by atoms with van der Waals surface area (Å²) < 4.78 is 36.8. The third-order valence-electron chi connectivity index (χ3n) is 2.63. The van der Waals surface area contributed by atoms with Crippen LogP contribution >= 0.6 is 0 Å². The first-order chi connectivity index (χ1) is 7.47. The average molecular weight is 231 g/mol. The third kappa shape index (κ3) is 2.27. The second kappa shape index (κ2) is 3.93. The first-order valence-electron chi connectivity index (χ1n) is 5.00. The predicted molar refractivity (Wildman–Crippen MR) is 54.0 cm³/mol. The van der Waals surface area contributed by atoms with Crippen LogP contribution in [0.3, 0.4) is 0 Å². The molecule has 0 bridgehead atoms. The molecule has 16 heavy (non-hydrogen) atoms. The Bertz CT molecular complexity index is 361. The molecule has 0 amide bonds. The molecule has 0 aromatic carbocycles. The van der Waals surface area contributed by atoms with Gasteiger partial charge in [0.1, 0.15) is 5.69 Å². The molecule has 1 atom stereocenters. The van der Waals surface area contributed by atoms with Crippen LogP contribution in [0.4, 0.5) is 18.9 Å². The number of halogens is 3. The van der Waals surface area contributed by atoms with Crippen molar-refractivity contribution in [3.8, 4) is 0 Å². The number of anilines is 1. The van der Waals surface area contributed by atoms with Gasteiger partial charge in [-0.2, -0.15) is 13.2 Å². The molecule has 0 aliphatic carbocycles. The van der Waals surface area contributed by atoms with Crippen molar-refractivity contribution in [3.05, 3.63) is 24.0 Å². The van der Waals surface area contributed by atoms with Gasteiger partial charge in [-0.3, -0.25) is 0 Å². The zero-order chi connectivity index (χ0) is 11.8. The summed E-state index contributed by atoms with van der Waals surface area (Å²) in [6, 6.07) is 2.54. The topological polar surface area (TPSA) is 42.1 Å². The Morgan fingerprint density at radius 2 is 2.12 bits per heavy atom. The van der Waals surface area contributed by atoms with Gasteiger partial charge in [0.25, 0.3) is 0 Å². The summed E-state index contributed by atoms with van der Waals surface area (Å²) in [6.45, 7) is 1.45. The highest BCUT2D eigenvalue weighted by Gasteiger charge is 2.32. The van der Waals surface area contributed by atoms with E-state index in [2.05, 4.69) is 4.98 Å². The maximum absolute atomic E-state index is 12.3. The fourth-order valence-electron chi connectivity index (χ4n) is 1.76. The highest BCUT2D eigenvalue weighted by molar-refractivity contribution is 5.46. The van der Waals surface area contributed by atoms with E-state index in [0.717, 1.165) is 19.0 Å². The molecule has 1 aliphatic rings. The zero-order valence-corrected chi connectivity index (χ0v) is 8.54. The van der Waals surface area contributed by atoms with Crippen molar-refractivity contribution < 1.29 is 13.2 Å². The second-order valence-electron chi connectivity index (χ2n) is 3.89. The molecule has 6 heteroatoms. The van der Waals surface area contributed by atoms with Crippen molar-refractivity contribution in [1.82, 2.24) is 4.98 Å². The standard InChI is InChI=1S/C10H12F3N3/c11-10(12,13)9-2-1-8(5-15-9)16-4-3-7(14)6-16/h1-2,5,7H,3-4,6,14H2/t7-/m0/s1. The van der Waals surface area contributed by atoms with Crippen molar-refractivity contribution in [2.24, 2.45) is 5.73 Å². The monoisotopic (exact) mass is 231 g/mol. The summed E-state index contributed by atoms with van der Waals surface area (Å²) in [5, 5.41) is 0. The molecular formula is C10H12F3N3. The Hall–Kier alpha value is -1.30. The Morgan fingerprint density at radius 1 is 1.38 bits per heavy atom. The van der Waals surface area contributed by atoms with Crippen LogP contribution in [-0.4, -0.2) is 24.1 Å². The highest BCUT2D eigenvalue weighted by atomic mass is 19.4. The van der Waals surface area contributed by atoms with E-state index >= 15 is 0 Å². The van der Waals surface area contributed by atoms with Gasteiger partial charge < -0.3 is 10.6 Å². The summed E-state index contributed by atoms with van der Waals surface area (Å²) in [4.78, 5) is 5.35. The van der Waals surface area contributed by atoms with Crippen molar-refractivity contribution in [1.29, 1.82) is 0 Å². The lowest BCUT2D eigenvalue weighted by molar-refractivity contribution is -0.141. The summed E-state index contributed by atoms with van der Waals surface area (Å²) in [6.07, 6.45) is -2.26. The van der Waals surface area contributed by atoms with Gasteiger partial charge in [0.2, 0.25) is 0 Å². The second-order valence-corrected chi connectivity index (χ2v) is 3.89. The summed E-state index contributed by atoms with van der Waals surface area (Å²) >= 11 is 0. The zero-order valence-electron chi connectivity index (χ0n) is 8.54. The fraction of sp³-hybridized carbons (Fsp3) is 0.500. The number of aromatic nitrogens is 1. The molecule has 2 rings (SSSR count). The Labute approximate surface area is 91.1 Å². The molecule has 0 radical (unpaired) electrons. The molecule has 0 unspecified atom stereocenters. The van der Waals surface area contributed by atoms with E-state index in [1.54, 1.807) is 0 Å². The molecule has 1 fully saturated rings. The van der Waals surface area contributed by atoms with E-state index < -0.39 is 11.9 Å². The van der Waals surface area contributed by atoms with Gasteiger partial charge in [0, 0.05) is 19.1 Å². The van der Waals surface area contributed by atoms with E-state index in [1.807, 2.05) is 4.90 Å². The number of alkyl halides is 3. The van der Waals surface area contributed by atoms with E-state index in [9.17, 15) is 13.2 Å². The summed E-state index contributed by atoms with van der Waals surface area (Å²) in [7, 11) is 0. The van der Waals surface area contributed by atoms with Crippen LogP contribution in [0, 0.1) is 0 Å². The number of rotatable bonds is 1. The number of pyridine rings is 1. The molecule has 2 heterocycles. The number of nitrogens with zero attached hydrogens (tertiary/aromatic N) is 2. The minimum atomic E-state index is -4.38. The van der Waals surface area contributed by atoms with E-state index in [-0.39, 0.29) is 6.04 Å². The number of hydrogen-bond donors (Lipinski definition) is 1. The van der Waals surface area contributed by atoms with Crippen LogP contribution in [-0.2, 0) is 6.18 Å². The molecule has 88 valence electrons. The Kier molecular flexibility index (Phi) is 2.75. The Balaban J connectivity index is 2.14. The van der Waals surface area contributed by atoms with Gasteiger partial charge in [-0.1, -0.05) is 0 Å². The molecule has 2 N–H and O–H groups in total. The van der Waals surface area contributed by atoms with Crippen molar-refractivity contribution >= 4 is 5.69 Å². The van der Waals surface area contributed by atoms with E-state index in [4.69, 9.17) is 5.73 Å². The minimum Gasteiger partial charge on any atom is -0.369 e. The smallest absolute Gasteiger partial charge is 0.369 e. The van der Waals surface area contributed by atoms with Gasteiger partial charge in [-0.05, 0) is 18.6 Å². The van der Waals surface area contributed by atoms with E-state index in [0.29, 0.717) is 12.2 Å². The number of nitrogens with two attached hydrogens (primary N) is 1. The van der Waals surface area contributed by atoms with E-state index in [1.165, 1.54) is 12.3 Å². The summed E-state index contributed by atoms with van der Waals surface area (Å²) in [5.41, 5.74) is 5.55. The maximum Gasteiger partial charge on any atom is 0.433 e. The minimum absolute atomic E-state index is 0.0993. The lowest BCUT2D eigenvalue weighted by atomic mass is 10.3. The molecule has 1 aromatic rings. The van der Waals surface area contributed by atoms with Crippen LogP contribution in [0.1, 0.15) is 12.1 Å². The van der Waals surface area contributed by atoms with Gasteiger partial charge in [-0.15, -0.1) is 0 Å². The fourth-order valence-corrected chi connectivity index (χ4v) is 1.76. The van der Waals surface area contributed by atoms with Gasteiger partial charge in [-0.25, -0.2) is 4.98 Å². The van der Waals surface area contributed by atoms with Crippen LogP contribution in [0.15, 0.2) is 18.3 Å². The van der Waals surface area contributed by atoms with Gasteiger partial charge >= 0.3 is 6.18 Å². The maximum atomic E-state index is 12.3. The quantitative estimate of drug-likeness (QED) is 0.798. The molecule has 0 saturated carbocycles. The van der Waals surface area contributed by atoms with Crippen LogP contribution < -0.4 is 10.6 Å². The largest absolute Gasteiger partial charge is 0.433 e. The normalized spacial score (nSPS) is 21.5. The first kappa shape index (κ1) is 11.2. The molecule has 3 nitrogen and oxygen atoms in total. The molecular weight excluding hydrogens is 219 g/mol. The van der Waals surface area contributed by atoms with Crippen molar-refractivity contribution in [2.45, 2.75) is 18.6 Å². The third-order valence-corrected chi connectivity index (χ3v) is 2.63. The predicted octanol–water partition coefficient (Wildman–Crippen LogP) is 1.64. The Morgan fingerprint density at radius 3 is 2.56 bits per heavy atom. The lowest BCUT2D eigenvalue weighted by Crippen LogP contribution is -2.26. The number of hydrogen-bond acceptors (Lipinski definition) is 3. The molecule has 1 saturated heterocycles.